The number of halogens is 1. The fraction of sp³-hybridized carbons (Fsp3) is 0.250. The van der Waals surface area contributed by atoms with E-state index in [0.717, 1.165) is 0 Å². The molecule has 0 aliphatic carbocycles. The van der Waals surface area contributed by atoms with E-state index >= 15 is 0 Å². The van der Waals surface area contributed by atoms with E-state index in [-0.39, 0.29) is 18.4 Å². The van der Waals surface area contributed by atoms with Crippen molar-refractivity contribution in [1.82, 2.24) is 9.55 Å². The maximum atomic E-state index is 13.3. The first-order valence-corrected chi connectivity index (χ1v) is 5.53. The third kappa shape index (κ3) is 2.54. The molecule has 0 saturated heterocycles. The summed E-state index contributed by atoms with van der Waals surface area (Å²) in [6.45, 7) is 1.69. The summed E-state index contributed by atoms with van der Waals surface area (Å²) >= 11 is 0. The fourth-order valence-corrected chi connectivity index (χ4v) is 1.63. The zero-order valence-electron chi connectivity index (χ0n) is 10.5. The normalized spacial score (nSPS) is 10.5. The predicted molar refractivity (Wildman–Crippen MR) is 65.3 cm³/mol. The van der Waals surface area contributed by atoms with Gasteiger partial charge in [0.1, 0.15) is 24.4 Å². The van der Waals surface area contributed by atoms with Crippen molar-refractivity contribution < 1.29 is 14.1 Å². The number of nitro groups is 1. The van der Waals surface area contributed by atoms with Gasteiger partial charge >= 0.3 is 5.95 Å². The van der Waals surface area contributed by atoms with Crippen LogP contribution in [-0.4, -0.2) is 14.5 Å². The molecule has 1 aromatic heterocycles. The Morgan fingerprint density at radius 1 is 1.53 bits per heavy atom. The summed E-state index contributed by atoms with van der Waals surface area (Å²) in [5, 5.41) is 10.6. The van der Waals surface area contributed by atoms with Gasteiger partial charge in [0, 0.05) is 5.56 Å². The molecule has 0 aliphatic heterocycles. The van der Waals surface area contributed by atoms with Gasteiger partial charge in [-0.05, 0) is 24.0 Å². The average molecular weight is 265 g/mol. The SMILES string of the molecule is Cc1c(F)cccc1OCc1cnc([N+](=O)[O-])n1C. The van der Waals surface area contributed by atoms with Gasteiger partial charge < -0.3 is 14.9 Å². The topological polar surface area (TPSA) is 70.2 Å². The molecular weight excluding hydrogens is 253 g/mol. The number of imidazole rings is 1. The van der Waals surface area contributed by atoms with E-state index in [2.05, 4.69) is 4.98 Å². The van der Waals surface area contributed by atoms with Crippen LogP contribution in [0.15, 0.2) is 24.4 Å². The molecule has 0 amide bonds. The molecule has 1 heterocycles. The molecule has 0 spiro atoms. The van der Waals surface area contributed by atoms with E-state index in [9.17, 15) is 14.5 Å². The molecule has 1 aromatic carbocycles. The van der Waals surface area contributed by atoms with Gasteiger partial charge in [0.2, 0.25) is 0 Å². The summed E-state index contributed by atoms with van der Waals surface area (Å²) in [5.41, 5.74) is 0.939. The summed E-state index contributed by atoms with van der Waals surface area (Å²) in [4.78, 5) is 13.7. The predicted octanol–water partition coefficient (Wildman–Crippen LogP) is 2.35. The van der Waals surface area contributed by atoms with Gasteiger partial charge in [-0.25, -0.2) is 8.96 Å². The van der Waals surface area contributed by atoms with Crippen molar-refractivity contribution in [2.75, 3.05) is 0 Å². The van der Waals surface area contributed by atoms with Crippen LogP contribution in [0.2, 0.25) is 0 Å². The first-order valence-electron chi connectivity index (χ1n) is 5.53. The van der Waals surface area contributed by atoms with E-state index in [1.165, 1.54) is 23.9 Å². The monoisotopic (exact) mass is 265 g/mol. The Balaban J connectivity index is 2.15. The van der Waals surface area contributed by atoms with Crippen molar-refractivity contribution >= 4 is 5.95 Å². The van der Waals surface area contributed by atoms with E-state index in [1.807, 2.05) is 0 Å². The average Bonchev–Trinajstić information content (AvgIpc) is 2.73. The maximum Gasteiger partial charge on any atom is 0.434 e. The molecule has 0 atom stereocenters. The van der Waals surface area contributed by atoms with Gasteiger partial charge in [-0.15, -0.1) is 0 Å². The molecule has 0 saturated carbocycles. The fourth-order valence-electron chi connectivity index (χ4n) is 1.63. The second-order valence-corrected chi connectivity index (χ2v) is 4.02. The Hall–Kier alpha value is -2.44. The van der Waals surface area contributed by atoms with Crippen LogP contribution in [0.4, 0.5) is 10.3 Å². The number of nitrogens with zero attached hydrogens (tertiary/aromatic N) is 3. The van der Waals surface area contributed by atoms with Crippen molar-refractivity contribution in [3.63, 3.8) is 0 Å². The van der Waals surface area contributed by atoms with Crippen molar-refractivity contribution in [2.45, 2.75) is 13.5 Å². The van der Waals surface area contributed by atoms with Crippen LogP contribution >= 0.6 is 0 Å². The first-order chi connectivity index (χ1) is 9.00. The van der Waals surface area contributed by atoms with Gasteiger partial charge in [-0.2, -0.15) is 0 Å². The summed E-state index contributed by atoms with van der Waals surface area (Å²) in [5.74, 6) is -0.202. The van der Waals surface area contributed by atoms with E-state index in [4.69, 9.17) is 4.74 Å². The number of aromatic nitrogens is 2. The lowest BCUT2D eigenvalue weighted by atomic mass is 10.2. The molecule has 2 rings (SSSR count). The number of rotatable bonds is 4. The highest BCUT2D eigenvalue weighted by molar-refractivity contribution is 5.33. The second-order valence-electron chi connectivity index (χ2n) is 4.02. The zero-order valence-corrected chi connectivity index (χ0v) is 10.5. The lowest BCUT2D eigenvalue weighted by Crippen LogP contribution is -2.05. The van der Waals surface area contributed by atoms with Crippen LogP contribution in [-0.2, 0) is 13.7 Å². The van der Waals surface area contributed by atoms with Crippen molar-refractivity contribution in [3.8, 4) is 5.75 Å². The number of hydrogen-bond donors (Lipinski definition) is 0. The Labute approximate surface area is 108 Å². The van der Waals surface area contributed by atoms with Crippen LogP contribution in [0.1, 0.15) is 11.3 Å². The number of benzene rings is 1. The molecule has 7 heteroatoms. The highest BCUT2D eigenvalue weighted by Crippen LogP contribution is 2.21. The first kappa shape index (κ1) is 13.0. The van der Waals surface area contributed by atoms with Crippen molar-refractivity contribution in [1.29, 1.82) is 0 Å². The van der Waals surface area contributed by atoms with Gasteiger partial charge in [0.25, 0.3) is 0 Å². The smallest absolute Gasteiger partial charge is 0.434 e. The molecule has 0 radical (unpaired) electrons. The molecule has 2 aromatic rings. The van der Waals surface area contributed by atoms with Gasteiger partial charge in [0.05, 0.1) is 7.05 Å². The molecule has 0 N–H and O–H groups in total. The Morgan fingerprint density at radius 3 is 2.89 bits per heavy atom. The third-order valence-corrected chi connectivity index (χ3v) is 2.82. The lowest BCUT2D eigenvalue weighted by Gasteiger charge is -2.08. The van der Waals surface area contributed by atoms with E-state index in [0.29, 0.717) is 17.0 Å². The van der Waals surface area contributed by atoms with E-state index in [1.54, 1.807) is 19.1 Å². The molecule has 0 unspecified atom stereocenters. The molecular formula is C12H12FN3O3. The Kier molecular flexibility index (Phi) is 3.46. The molecule has 0 aliphatic rings. The minimum absolute atomic E-state index is 0.0850. The molecule has 0 fully saturated rings. The summed E-state index contributed by atoms with van der Waals surface area (Å²) < 4.78 is 20.1. The van der Waals surface area contributed by atoms with Crippen molar-refractivity contribution in [2.24, 2.45) is 7.05 Å². The summed E-state index contributed by atoms with van der Waals surface area (Å²) in [6, 6.07) is 4.53. The van der Waals surface area contributed by atoms with Crippen LogP contribution in [0.25, 0.3) is 0 Å². The zero-order chi connectivity index (χ0) is 14.0. The second kappa shape index (κ2) is 5.05. The molecule has 6 nitrogen and oxygen atoms in total. The van der Waals surface area contributed by atoms with Gasteiger partial charge in [0.15, 0.2) is 5.69 Å². The highest BCUT2D eigenvalue weighted by atomic mass is 19.1. The highest BCUT2D eigenvalue weighted by Gasteiger charge is 2.17. The minimum atomic E-state index is -0.572. The Morgan fingerprint density at radius 2 is 2.26 bits per heavy atom. The van der Waals surface area contributed by atoms with Crippen LogP contribution in [0.3, 0.4) is 0 Å². The van der Waals surface area contributed by atoms with Crippen LogP contribution in [0.5, 0.6) is 5.75 Å². The third-order valence-electron chi connectivity index (χ3n) is 2.82. The maximum absolute atomic E-state index is 13.3. The van der Waals surface area contributed by atoms with Crippen LogP contribution in [0, 0.1) is 22.9 Å². The molecule has 100 valence electrons. The Bertz CT molecular complexity index is 625. The van der Waals surface area contributed by atoms with Crippen molar-refractivity contribution in [3.05, 3.63) is 51.6 Å². The number of ether oxygens (including phenoxy) is 1. The van der Waals surface area contributed by atoms with Crippen LogP contribution < -0.4 is 4.74 Å². The van der Waals surface area contributed by atoms with Gasteiger partial charge in [-0.1, -0.05) is 11.1 Å². The largest absolute Gasteiger partial charge is 0.485 e. The van der Waals surface area contributed by atoms with Gasteiger partial charge in [-0.3, -0.25) is 0 Å². The van der Waals surface area contributed by atoms with E-state index < -0.39 is 4.92 Å². The lowest BCUT2D eigenvalue weighted by molar-refractivity contribution is -0.396. The quantitative estimate of drug-likeness (QED) is 0.628. The molecule has 19 heavy (non-hydrogen) atoms. The minimum Gasteiger partial charge on any atom is -0.485 e. The molecule has 0 bridgehead atoms. The summed E-state index contributed by atoms with van der Waals surface area (Å²) in [7, 11) is 1.53. The standard InChI is InChI=1S/C12H12FN3O3/c1-8-10(13)4-3-5-11(8)19-7-9-6-14-12(15(9)2)16(17)18/h3-6H,7H2,1-2H3. The summed E-state index contributed by atoms with van der Waals surface area (Å²) in [6.07, 6.45) is 1.37. The number of hydrogen-bond acceptors (Lipinski definition) is 4.